The van der Waals surface area contributed by atoms with Gasteiger partial charge in [0.1, 0.15) is 17.2 Å². The van der Waals surface area contributed by atoms with Crippen molar-refractivity contribution in [2.24, 2.45) is 0 Å². The molecular formula is C30H23ClN2O3. The highest BCUT2D eigenvalue weighted by Gasteiger charge is 2.12. The lowest BCUT2D eigenvalue weighted by molar-refractivity contribution is 0.102. The Morgan fingerprint density at radius 3 is 2.42 bits per heavy atom. The summed E-state index contributed by atoms with van der Waals surface area (Å²) in [4.78, 5) is 17.3. The Bertz CT molecular complexity index is 1580. The minimum atomic E-state index is -0.238. The smallest absolute Gasteiger partial charge is 0.255 e. The van der Waals surface area contributed by atoms with Crippen LogP contribution in [0.4, 0.5) is 5.69 Å². The van der Waals surface area contributed by atoms with E-state index in [2.05, 4.69) is 10.3 Å². The zero-order valence-corrected chi connectivity index (χ0v) is 20.5. The number of methoxy groups -OCH3 is 1. The van der Waals surface area contributed by atoms with Gasteiger partial charge in [0, 0.05) is 28.9 Å². The number of hydrogen-bond donors (Lipinski definition) is 1. The van der Waals surface area contributed by atoms with Crippen LogP contribution in [0.2, 0.25) is 5.02 Å². The minimum Gasteiger partial charge on any atom is -0.497 e. The maximum absolute atomic E-state index is 12.8. The Morgan fingerprint density at radius 1 is 0.861 bits per heavy atom. The molecule has 1 heterocycles. The maximum Gasteiger partial charge on any atom is 0.255 e. The number of rotatable bonds is 6. The van der Waals surface area contributed by atoms with Crippen molar-refractivity contribution in [2.75, 3.05) is 12.4 Å². The highest BCUT2D eigenvalue weighted by Crippen LogP contribution is 2.35. The van der Waals surface area contributed by atoms with Crippen molar-refractivity contribution in [1.29, 1.82) is 0 Å². The van der Waals surface area contributed by atoms with Crippen molar-refractivity contribution in [1.82, 2.24) is 4.98 Å². The van der Waals surface area contributed by atoms with Crippen molar-refractivity contribution in [3.05, 3.63) is 113 Å². The van der Waals surface area contributed by atoms with Crippen LogP contribution >= 0.6 is 11.6 Å². The van der Waals surface area contributed by atoms with Crippen molar-refractivity contribution in [2.45, 2.75) is 6.92 Å². The van der Waals surface area contributed by atoms with Gasteiger partial charge in [-0.2, -0.15) is 0 Å². The Kier molecular flexibility index (Phi) is 6.56. The molecule has 1 N–H and O–H groups in total. The number of nitrogens with zero attached hydrogens (tertiary/aromatic N) is 1. The molecule has 0 aliphatic heterocycles. The van der Waals surface area contributed by atoms with E-state index < -0.39 is 0 Å². The summed E-state index contributed by atoms with van der Waals surface area (Å²) in [6, 6.07) is 27.9. The van der Waals surface area contributed by atoms with E-state index in [1.165, 1.54) is 0 Å². The monoisotopic (exact) mass is 494 g/mol. The molecule has 1 aromatic heterocycles. The number of benzene rings is 4. The van der Waals surface area contributed by atoms with E-state index in [1.807, 2.05) is 79.9 Å². The highest BCUT2D eigenvalue weighted by molar-refractivity contribution is 6.35. The summed E-state index contributed by atoms with van der Waals surface area (Å²) in [6.07, 6.45) is 1.83. The lowest BCUT2D eigenvalue weighted by atomic mass is 9.97. The van der Waals surface area contributed by atoms with Crippen LogP contribution in [0.25, 0.3) is 22.0 Å². The van der Waals surface area contributed by atoms with Gasteiger partial charge < -0.3 is 14.8 Å². The fourth-order valence-electron chi connectivity index (χ4n) is 4.13. The molecule has 0 saturated heterocycles. The van der Waals surface area contributed by atoms with Gasteiger partial charge in [0.05, 0.1) is 17.6 Å². The predicted molar refractivity (Wildman–Crippen MR) is 144 cm³/mol. The first kappa shape index (κ1) is 23.4. The summed E-state index contributed by atoms with van der Waals surface area (Å²) in [5, 5.41) is 4.49. The van der Waals surface area contributed by atoms with Crippen LogP contribution in [0.5, 0.6) is 17.2 Å². The first-order valence-corrected chi connectivity index (χ1v) is 11.8. The van der Waals surface area contributed by atoms with E-state index in [1.54, 1.807) is 31.4 Å². The second-order valence-electron chi connectivity index (χ2n) is 8.30. The maximum atomic E-state index is 12.8. The molecular weight excluding hydrogens is 472 g/mol. The van der Waals surface area contributed by atoms with Crippen LogP contribution in [0.1, 0.15) is 15.9 Å². The van der Waals surface area contributed by atoms with Gasteiger partial charge in [-0.25, -0.2) is 0 Å². The fourth-order valence-corrected chi connectivity index (χ4v) is 4.35. The van der Waals surface area contributed by atoms with Gasteiger partial charge in [-0.05, 0) is 72.1 Å². The van der Waals surface area contributed by atoms with Gasteiger partial charge in [-0.15, -0.1) is 0 Å². The number of amides is 1. The molecule has 0 saturated carbocycles. The van der Waals surface area contributed by atoms with Crippen LogP contribution in [0.3, 0.4) is 0 Å². The number of fused-ring (bicyclic) bond motifs is 1. The van der Waals surface area contributed by atoms with Crippen molar-refractivity contribution >= 4 is 34.1 Å². The Morgan fingerprint density at radius 2 is 1.58 bits per heavy atom. The fraction of sp³-hybridized carbons (Fsp3) is 0.0667. The second kappa shape index (κ2) is 10.1. The number of carbonyl (C=O) groups is 1. The lowest BCUT2D eigenvalue weighted by Gasteiger charge is -2.13. The summed E-state index contributed by atoms with van der Waals surface area (Å²) >= 11 is 6.39. The number of halogens is 1. The third kappa shape index (κ3) is 4.88. The average Bonchev–Trinajstić information content (AvgIpc) is 2.89. The number of carbonyl (C=O) groups excluding carboxylic acids is 1. The molecule has 0 unspecified atom stereocenters. The van der Waals surface area contributed by atoms with Crippen LogP contribution in [0, 0.1) is 6.92 Å². The summed E-state index contributed by atoms with van der Waals surface area (Å²) in [6.45, 7) is 2.03. The van der Waals surface area contributed by atoms with Crippen molar-refractivity contribution < 1.29 is 14.3 Å². The SMILES string of the molecule is COc1cccc(NC(=O)c2cccc(Oc3cccc(-c4c(C)cnc5c(Cl)cccc45)c3)c2)c1. The van der Waals surface area contributed by atoms with E-state index in [4.69, 9.17) is 21.1 Å². The number of para-hydroxylation sites is 1. The third-order valence-corrected chi connectivity index (χ3v) is 6.12. The molecule has 1 amide bonds. The van der Waals surface area contributed by atoms with Gasteiger partial charge in [-0.3, -0.25) is 9.78 Å². The lowest BCUT2D eigenvalue weighted by Crippen LogP contribution is -2.11. The normalized spacial score (nSPS) is 10.8. The predicted octanol–water partition coefficient (Wildman–Crippen LogP) is 7.92. The van der Waals surface area contributed by atoms with E-state index in [9.17, 15) is 4.79 Å². The number of aromatic nitrogens is 1. The average molecular weight is 495 g/mol. The molecule has 5 rings (SSSR count). The standard InChI is InChI=1S/C30H23ClN2O3/c1-19-18-32-29-26(13-6-14-27(29)31)28(19)20-7-3-11-24(15-20)36-25-12-4-8-21(16-25)30(34)33-22-9-5-10-23(17-22)35-2/h3-18H,1-2H3,(H,33,34). The topological polar surface area (TPSA) is 60.5 Å². The van der Waals surface area contributed by atoms with Crippen LogP contribution in [-0.2, 0) is 0 Å². The zero-order valence-electron chi connectivity index (χ0n) is 19.8. The van der Waals surface area contributed by atoms with Crippen LogP contribution < -0.4 is 14.8 Å². The largest absolute Gasteiger partial charge is 0.497 e. The minimum absolute atomic E-state index is 0.238. The molecule has 6 heteroatoms. The van der Waals surface area contributed by atoms with E-state index in [0.717, 1.165) is 27.6 Å². The molecule has 4 aromatic carbocycles. The summed E-state index contributed by atoms with van der Waals surface area (Å²) in [7, 11) is 1.59. The van der Waals surface area contributed by atoms with Gasteiger partial charge in [-0.1, -0.05) is 48.0 Å². The molecule has 0 fully saturated rings. The molecule has 0 spiro atoms. The van der Waals surface area contributed by atoms with Crippen molar-refractivity contribution in [3.63, 3.8) is 0 Å². The number of anilines is 1. The van der Waals surface area contributed by atoms with Crippen LogP contribution in [-0.4, -0.2) is 18.0 Å². The van der Waals surface area contributed by atoms with Gasteiger partial charge >= 0.3 is 0 Å². The summed E-state index contributed by atoms with van der Waals surface area (Å²) in [5.74, 6) is 1.65. The quantitative estimate of drug-likeness (QED) is 0.260. The molecule has 5 aromatic rings. The molecule has 36 heavy (non-hydrogen) atoms. The van der Waals surface area contributed by atoms with Crippen molar-refractivity contribution in [3.8, 4) is 28.4 Å². The molecule has 178 valence electrons. The first-order chi connectivity index (χ1) is 17.5. The molecule has 0 bridgehead atoms. The number of aryl methyl sites for hydroxylation is 1. The zero-order chi connectivity index (χ0) is 25.1. The Hall–Kier alpha value is -4.35. The third-order valence-electron chi connectivity index (χ3n) is 5.82. The number of pyridine rings is 1. The molecule has 0 aliphatic rings. The molecule has 0 radical (unpaired) electrons. The molecule has 5 nitrogen and oxygen atoms in total. The van der Waals surface area contributed by atoms with E-state index in [-0.39, 0.29) is 5.91 Å². The molecule has 0 aliphatic carbocycles. The first-order valence-electron chi connectivity index (χ1n) is 11.4. The number of hydrogen-bond acceptors (Lipinski definition) is 4. The second-order valence-corrected chi connectivity index (χ2v) is 8.70. The molecule has 0 atom stereocenters. The number of nitrogens with one attached hydrogen (secondary N) is 1. The van der Waals surface area contributed by atoms with E-state index in [0.29, 0.717) is 33.5 Å². The highest BCUT2D eigenvalue weighted by atomic mass is 35.5. The Labute approximate surface area is 214 Å². The summed E-state index contributed by atoms with van der Waals surface area (Å²) < 4.78 is 11.4. The Balaban J connectivity index is 1.41. The summed E-state index contributed by atoms with van der Waals surface area (Å²) in [5.41, 5.74) is 4.99. The number of ether oxygens (including phenoxy) is 2. The van der Waals surface area contributed by atoms with Gasteiger partial charge in [0.15, 0.2) is 0 Å². The van der Waals surface area contributed by atoms with Gasteiger partial charge in [0.2, 0.25) is 0 Å². The van der Waals surface area contributed by atoms with Crippen LogP contribution in [0.15, 0.2) is 97.2 Å². The van der Waals surface area contributed by atoms with Gasteiger partial charge in [0.25, 0.3) is 5.91 Å². The van der Waals surface area contributed by atoms with E-state index >= 15 is 0 Å².